The quantitative estimate of drug-likeness (QED) is 0.765. The molecule has 0 spiro atoms. The van der Waals surface area contributed by atoms with Gasteiger partial charge >= 0.3 is 12.1 Å². The highest BCUT2D eigenvalue weighted by atomic mass is 16.6. The van der Waals surface area contributed by atoms with Crippen LogP contribution in [0.1, 0.15) is 39.0 Å². The van der Waals surface area contributed by atoms with E-state index >= 15 is 0 Å². The molecule has 0 aromatic carbocycles. The summed E-state index contributed by atoms with van der Waals surface area (Å²) in [5, 5.41) is 11.9. The molecule has 0 saturated heterocycles. The Hall–Kier alpha value is -2.15. The van der Waals surface area contributed by atoms with Gasteiger partial charge in [-0.1, -0.05) is 6.07 Å². The van der Waals surface area contributed by atoms with Crippen LogP contribution in [-0.2, 0) is 27.1 Å². The maximum Gasteiger partial charge on any atom is 0.408 e. The van der Waals surface area contributed by atoms with Gasteiger partial charge in [-0.3, -0.25) is 4.98 Å². The fraction of sp³-hybridized carbons (Fsp3) is 0.588. The van der Waals surface area contributed by atoms with Crippen LogP contribution in [0.25, 0.3) is 0 Å². The molecule has 0 aliphatic heterocycles. The average molecular weight is 338 g/mol. The molecule has 0 aliphatic carbocycles. The molecule has 1 rings (SSSR count). The lowest BCUT2D eigenvalue weighted by Crippen LogP contribution is -2.45. The van der Waals surface area contributed by atoms with Crippen molar-refractivity contribution in [2.75, 3.05) is 7.11 Å². The topological polar surface area (TPSA) is 97.8 Å². The number of aromatic nitrogens is 1. The minimum absolute atomic E-state index is 0.181. The number of aliphatic hydroxyl groups is 1. The molecule has 1 heterocycles. The molecule has 1 unspecified atom stereocenters. The first-order valence-corrected chi connectivity index (χ1v) is 7.80. The average Bonchev–Trinajstić information content (AvgIpc) is 2.45. The number of carbonyl (C=O) groups excluding carboxylic acids is 2. The Balaban J connectivity index is 2.75. The smallest absolute Gasteiger partial charge is 0.408 e. The Morgan fingerprint density at radius 1 is 1.29 bits per heavy atom. The summed E-state index contributed by atoms with van der Waals surface area (Å²) in [4.78, 5) is 28.0. The highest BCUT2D eigenvalue weighted by Crippen LogP contribution is 2.09. The van der Waals surface area contributed by atoms with Crippen LogP contribution in [0, 0.1) is 0 Å². The summed E-state index contributed by atoms with van der Waals surface area (Å²) in [6, 6.07) is 2.70. The lowest BCUT2D eigenvalue weighted by molar-refractivity contribution is -0.143. The second-order valence-corrected chi connectivity index (χ2v) is 6.64. The van der Waals surface area contributed by atoms with Gasteiger partial charge < -0.3 is 19.9 Å². The summed E-state index contributed by atoms with van der Waals surface area (Å²) in [6.07, 6.45) is 1.19. The number of esters is 1. The van der Waals surface area contributed by atoms with E-state index in [-0.39, 0.29) is 6.42 Å². The SMILES string of the molecule is COC(=O)[C@H](Cc1ccc(CC(C)O)cn1)NC(=O)OC(C)(C)C. The fourth-order valence-corrected chi connectivity index (χ4v) is 2.03. The Morgan fingerprint density at radius 3 is 2.42 bits per heavy atom. The minimum atomic E-state index is -0.889. The van der Waals surface area contributed by atoms with E-state index in [2.05, 4.69) is 10.3 Å². The van der Waals surface area contributed by atoms with Crippen molar-refractivity contribution in [1.29, 1.82) is 0 Å². The molecule has 0 aliphatic rings. The Morgan fingerprint density at radius 2 is 1.96 bits per heavy atom. The van der Waals surface area contributed by atoms with Crippen LogP contribution < -0.4 is 5.32 Å². The van der Waals surface area contributed by atoms with Crippen LogP contribution in [0.5, 0.6) is 0 Å². The predicted octanol–water partition coefficient (Wildman–Crippen LogP) is 1.61. The van der Waals surface area contributed by atoms with Gasteiger partial charge in [-0.25, -0.2) is 9.59 Å². The van der Waals surface area contributed by atoms with Crippen molar-refractivity contribution in [2.45, 2.75) is 58.3 Å². The van der Waals surface area contributed by atoms with Gasteiger partial charge in [0.15, 0.2) is 0 Å². The summed E-state index contributed by atoms with van der Waals surface area (Å²) in [6.45, 7) is 6.92. The van der Waals surface area contributed by atoms with Crippen molar-refractivity contribution in [1.82, 2.24) is 10.3 Å². The second kappa shape index (κ2) is 8.63. The number of carbonyl (C=O) groups is 2. The van der Waals surface area contributed by atoms with Crippen molar-refractivity contribution in [3.8, 4) is 0 Å². The number of hydrogen-bond acceptors (Lipinski definition) is 6. The summed E-state index contributed by atoms with van der Waals surface area (Å²) >= 11 is 0. The molecule has 1 aromatic heterocycles. The fourth-order valence-electron chi connectivity index (χ4n) is 2.03. The molecule has 24 heavy (non-hydrogen) atoms. The van der Waals surface area contributed by atoms with E-state index in [1.165, 1.54) is 7.11 Å². The summed E-state index contributed by atoms with van der Waals surface area (Å²) in [5.41, 5.74) is 0.852. The first-order chi connectivity index (χ1) is 11.1. The van der Waals surface area contributed by atoms with Crippen LogP contribution in [0.4, 0.5) is 4.79 Å². The van der Waals surface area contributed by atoms with E-state index < -0.39 is 29.8 Å². The number of rotatable bonds is 6. The van der Waals surface area contributed by atoms with Crippen molar-refractivity contribution in [2.24, 2.45) is 0 Å². The minimum Gasteiger partial charge on any atom is -0.467 e. The van der Waals surface area contributed by atoms with E-state index in [9.17, 15) is 14.7 Å². The van der Waals surface area contributed by atoms with Gasteiger partial charge in [-0.2, -0.15) is 0 Å². The lowest BCUT2D eigenvalue weighted by Gasteiger charge is -2.22. The molecular weight excluding hydrogens is 312 g/mol. The van der Waals surface area contributed by atoms with E-state index in [1.54, 1.807) is 40.0 Å². The standard InChI is InChI=1S/C17H26N2O5/c1-11(20)8-12-6-7-13(18-10-12)9-14(15(21)23-5)19-16(22)24-17(2,3)4/h6-7,10-11,14,20H,8-9H2,1-5H3,(H,19,22)/t11?,14-/m0/s1. The number of aliphatic hydroxyl groups excluding tert-OH is 1. The summed E-state index contributed by atoms with van der Waals surface area (Å²) < 4.78 is 9.88. The van der Waals surface area contributed by atoms with Crippen molar-refractivity contribution >= 4 is 12.1 Å². The molecule has 2 N–H and O–H groups in total. The van der Waals surface area contributed by atoms with Gasteiger partial charge in [0.2, 0.25) is 0 Å². The molecule has 0 radical (unpaired) electrons. The number of amides is 1. The van der Waals surface area contributed by atoms with E-state index in [0.717, 1.165) is 5.56 Å². The van der Waals surface area contributed by atoms with E-state index in [1.807, 2.05) is 6.07 Å². The van der Waals surface area contributed by atoms with E-state index in [0.29, 0.717) is 12.1 Å². The largest absolute Gasteiger partial charge is 0.467 e. The van der Waals surface area contributed by atoms with Gasteiger partial charge in [0.25, 0.3) is 0 Å². The highest BCUT2D eigenvalue weighted by molar-refractivity contribution is 5.81. The van der Waals surface area contributed by atoms with Crippen LogP contribution in [0.15, 0.2) is 18.3 Å². The van der Waals surface area contributed by atoms with Crippen LogP contribution in [-0.4, -0.2) is 47.0 Å². The number of methoxy groups -OCH3 is 1. The molecular formula is C17H26N2O5. The van der Waals surface area contributed by atoms with Gasteiger partial charge in [0, 0.05) is 18.3 Å². The first kappa shape index (κ1) is 19.9. The van der Waals surface area contributed by atoms with Crippen molar-refractivity contribution in [3.63, 3.8) is 0 Å². The van der Waals surface area contributed by atoms with E-state index in [4.69, 9.17) is 9.47 Å². The third-order valence-electron chi connectivity index (χ3n) is 3.01. The van der Waals surface area contributed by atoms with Crippen LogP contribution >= 0.6 is 0 Å². The van der Waals surface area contributed by atoms with Crippen molar-refractivity contribution in [3.05, 3.63) is 29.6 Å². The maximum atomic E-state index is 11.9. The number of hydrogen-bond donors (Lipinski definition) is 2. The lowest BCUT2D eigenvalue weighted by atomic mass is 10.1. The number of ether oxygens (including phenoxy) is 2. The normalized spacial score (nSPS) is 13.8. The number of nitrogens with zero attached hydrogens (tertiary/aromatic N) is 1. The molecule has 1 aromatic rings. The molecule has 134 valence electrons. The molecule has 7 nitrogen and oxygen atoms in total. The third-order valence-corrected chi connectivity index (χ3v) is 3.01. The summed E-state index contributed by atoms with van der Waals surface area (Å²) in [7, 11) is 1.26. The third kappa shape index (κ3) is 7.41. The maximum absolute atomic E-state index is 11.9. The van der Waals surface area contributed by atoms with Crippen LogP contribution in [0.3, 0.4) is 0 Å². The Labute approximate surface area is 142 Å². The van der Waals surface area contributed by atoms with Gasteiger partial charge in [-0.15, -0.1) is 0 Å². The zero-order valence-corrected chi connectivity index (χ0v) is 14.8. The number of pyridine rings is 1. The molecule has 0 saturated carbocycles. The molecule has 0 bridgehead atoms. The van der Waals surface area contributed by atoms with Crippen molar-refractivity contribution < 1.29 is 24.2 Å². The second-order valence-electron chi connectivity index (χ2n) is 6.64. The van der Waals surface area contributed by atoms with Gasteiger partial charge in [0.05, 0.1) is 13.2 Å². The van der Waals surface area contributed by atoms with Gasteiger partial charge in [-0.05, 0) is 45.7 Å². The predicted molar refractivity (Wildman–Crippen MR) is 88.5 cm³/mol. The monoisotopic (exact) mass is 338 g/mol. The zero-order valence-electron chi connectivity index (χ0n) is 14.8. The zero-order chi connectivity index (χ0) is 18.3. The Bertz CT molecular complexity index is 549. The number of alkyl carbamates (subject to hydrolysis) is 1. The molecule has 1 amide bonds. The van der Waals surface area contributed by atoms with Crippen LogP contribution in [0.2, 0.25) is 0 Å². The Kier molecular flexibility index (Phi) is 7.16. The molecule has 7 heteroatoms. The summed E-state index contributed by atoms with van der Waals surface area (Å²) in [5.74, 6) is -0.573. The number of nitrogens with one attached hydrogen (secondary N) is 1. The van der Waals surface area contributed by atoms with Gasteiger partial charge in [0.1, 0.15) is 11.6 Å². The highest BCUT2D eigenvalue weighted by Gasteiger charge is 2.25. The molecule has 2 atom stereocenters. The molecule has 0 fully saturated rings. The first-order valence-electron chi connectivity index (χ1n) is 7.80.